The molecule has 0 aliphatic rings. The minimum Gasteiger partial charge on any atom is -0.394 e. The summed E-state index contributed by atoms with van der Waals surface area (Å²) in [5.41, 5.74) is 0.938. The van der Waals surface area contributed by atoms with E-state index in [0.717, 1.165) is 15.7 Å². The van der Waals surface area contributed by atoms with Gasteiger partial charge in [-0.3, -0.25) is 0 Å². The fourth-order valence-electron chi connectivity index (χ4n) is 1.96. The van der Waals surface area contributed by atoms with Gasteiger partial charge < -0.3 is 10.4 Å². The van der Waals surface area contributed by atoms with E-state index in [2.05, 4.69) is 21.2 Å². The molecule has 0 bridgehead atoms. The number of benzene rings is 2. The lowest BCUT2D eigenvalue weighted by atomic mass is 9.92. The van der Waals surface area contributed by atoms with Gasteiger partial charge >= 0.3 is 0 Å². The van der Waals surface area contributed by atoms with Crippen LogP contribution < -0.4 is 5.32 Å². The van der Waals surface area contributed by atoms with Gasteiger partial charge in [-0.1, -0.05) is 39.1 Å². The first-order valence-electron chi connectivity index (χ1n) is 6.05. The minimum atomic E-state index is -0.712. The number of nitrogens with one attached hydrogen (secondary N) is 1. The number of hydrogen-bond acceptors (Lipinski definition) is 2. The fourth-order valence-corrected chi connectivity index (χ4v) is 2.73. The van der Waals surface area contributed by atoms with Crippen LogP contribution >= 0.6 is 39.1 Å². The van der Waals surface area contributed by atoms with Gasteiger partial charge in [0.15, 0.2) is 0 Å². The Balaban J connectivity index is 2.37. The van der Waals surface area contributed by atoms with Gasteiger partial charge in [0.05, 0.1) is 12.1 Å². The second-order valence-corrected chi connectivity index (χ2v) is 6.51. The van der Waals surface area contributed by atoms with Gasteiger partial charge in [0, 0.05) is 20.2 Å². The van der Waals surface area contributed by atoms with Crippen LogP contribution in [-0.2, 0) is 5.54 Å². The number of anilines is 1. The molecule has 2 rings (SSSR count). The molecule has 5 heteroatoms. The molecule has 0 spiro atoms. The number of halogens is 3. The van der Waals surface area contributed by atoms with Crippen molar-refractivity contribution in [3.63, 3.8) is 0 Å². The molecule has 0 aliphatic heterocycles. The summed E-state index contributed by atoms with van der Waals surface area (Å²) >= 11 is 15.7. The van der Waals surface area contributed by atoms with E-state index >= 15 is 0 Å². The summed E-state index contributed by atoms with van der Waals surface area (Å²) in [6.07, 6.45) is 0. The average molecular weight is 375 g/mol. The molecule has 1 atom stereocenters. The van der Waals surface area contributed by atoms with Crippen molar-refractivity contribution in [1.29, 1.82) is 0 Å². The highest BCUT2D eigenvalue weighted by molar-refractivity contribution is 9.10. The minimum absolute atomic E-state index is 0.108. The van der Waals surface area contributed by atoms with Crippen molar-refractivity contribution in [2.75, 3.05) is 11.9 Å². The summed E-state index contributed by atoms with van der Waals surface area (Å²) in [5.74, 6) is 0. The Bertz CT molecular complexity index is 603. The van der Waals surface area contributed by atoms with Gasteiger partial charge in [-0.05, 0) is 55.0 Å². The largest absolute Gasteiger partial charge is 0.394 e. The fraction of sp³-hybridized carbons (Fsp3) is 0.200. The smallest absolute Gasteiger partial charge is 0.0843 e. The summed E-state index contributed by atoms with van der Waals surface area (Å²) in [5, 5.41) is 14.2. The number of aliphatic hydroxyl groups excluding tert-OH is 1. The molecule has 2 aromatic carbocycles. The highest BCUT2D eigenvalue weighted by Gasteiger charge is 2.28. The van der Waals surface area contributed by atoms with E-state index in [0.29, 0.717) is 10.0 Å². The van der Waals surface area contributed by atoms with Crippen molar-refractivity contribution < 1.29 is 5.11 Å². The lowest BCUT2D eigenvalue weighted by molar-refractivity contribution is 0.224. The molecule has 2 nitrogen and oxygen atoms in total. The van der Waals surface area contributed by atoms with Crippen molar-refractivity contribution in [2.24, 2.45) is 0 Å². The number of rotatable bonds is 4. The van der Waals surface area contributed by atoms with Crippen LogP contribution in [0.4, 0.5) is 5.69 Å². The van der Waals surface area contributed by atoms with E-state index in [1.165, 1.54) is 0 Å². The molecule has 0 aromatic heterocycles. The molecule has 0 saturated heterocycles. The van der Waals surface area contributed by atoms with Gasteiger partial charge in [0.25, 0.3) is 0 Å². The summed E-state index contributed by atoms with van der Waals surface area (Å²) in [6.45, 7) is 1.77. The lowest BCUT2D eigenvalue weighted by Crippen LogP contribution is -2.36. The van der Waals surface area contributed by atoms with Crippen LogP contribution in [0.3, 0.4) is 0 Å². The van der Waals surface area contributed by atoms with Gasteiger partial charge in [0.2, 0.25) is 0 Å². The maximum absolute atomic E-state index is 9.80. The number of hydrogen-bond donors (Lipinski definition) is 2. The van der Waals surface area contributed by atoms with Crippen LogP contribution in [0.15, 0.2) is 46.9 Å². The van der Waals surface area contributed by atoms with Crippen LogP contribution in [0.1, 0.15) is 12.5 Å². The zero-order valence-electron chi connectivity index (χ0n) is 10.8. The zero-order valence-corrected chi connectivity index (χ0v) is 13.9. The normalized spacial score (nSPS) is 13.8. The maximum atomic E-state index is 9.80. The van der Waals surface area contributed by atoms with E-state index in [9.17, 15) is 5.11 Å². The van der Waals surface area contributed by atoms with Gasteiger partial charge in [-0.2, -0.15) is 0 Å². The van der Waals surface area contributed by atoms with Gasteiger partial charge in [0.1, 0.15) is 0 Å². The van der Waals surface area contributed by atoms with E-state index < -0.39 is 5.54 Å². The summed E-state index contributed by atoms with van der Waals surface area (Å²) < 4.78 is 0.995. The second-order valence-electron chi connectivity index (χ2n) is 4.75. The van der Waals surface area contributed by atoms with E-state index in [-0.39, 0.29) is 6.61 Å². The Morgan fingerprint density at radius 2 is 1.80 bits per heavy atom. The summed E-state index contributed by atoms with van der Waals surface area (Å²) in [6, 6.07) is 12.9. The number of aliphatic hydroxyl groups is 1. The molecular formula is C15H14BrCl2NO. The van der Waals surface area contributed by atoms with E-state index in [1.54, 1.807) is 18.2 Å². The SMILES string of the molecule is CC(CO)(Nc1ccc(Br)cc1)c1cc(Cl)ccc1Cl. The van der Waals surface area contributed by atoms with Gasteiger partial charge in [-0.15, -0.1) is 0 Å². The van der Waals surface area contributed by atoms with Crippen molar-refractivity contribution in [2.45, 2.75) is 12.5 Å². The van der Waals surface area contributed by atoms with Crippen LogP contribution in [0, 0.1) is 0 Å². The van der Waals surface area contributed by atoms with Gasteiger partial charge in [-0.25, -0.2) is 0 Å². The highest BCUT2D eigenvalue weighted by atomic mass is 79.9. The quantitative estimate of drug-likeness (QED) is 0.782. The van der Waals surface area contributed by atoms with Crippen molar-refractivity contribution in [3.05, 3.63) is 62.5 Å². The second kappa shape index (κ2) is 6.35. The molecule has 20 heavy (non-hydrogen) atoms. The molecule has 0 amide bonds. The first kappa shape index (κ1) is 15.6. The van der Waals surface area contributed by atoms with Crippen LogP contribution in [-0.4, -0.2) is 11.7 Å². The monoisotopic (exact) mass is 373 g/mol. The van der Waals surface area contributed by atoms with Crippen molar-refractivity contribution in [3.8, 4) is 0 Å². The molecular weight excluding hydrogens is 361 g/mol. The molecule has 0 radical (unpaired) electrons. The van der Waals surface area contributed by atoms with Crippen LogP contribution in [0.25, 0.3) is 0 Å². The molecule has 2 N–H and O–H groups in total. The van der Waals surface area contributed by atoms with Crippen molar-refractivity contribution >= 4 is 44.8 Å². The standard InChI is InChI=1S/C15H14BrCl2NO/c1-15(9-20,13-8-11(17)4-7-14(13)18)19-12-5-2-10(16)3-6-12/h2-8,19-20H,9H2,1H3. The molecule has 1 unspecified atom stereocenters. The predicted molar refractivity (Wildman–Crippen MR) is 88.7 cm³/mol. The third kappa shape index (κ3) is 3.47. The predicted octanol–water partition coefficient (Wildman–Crippen LogP) is 5.08. The molecule has 0 fully saturated rings. The molecule has 0 saturated carbocycles. The molecule has 2 aromatic rings. The summed E-state index contributed by atoms with van der Waals surface area (Å²) in [7, 11) is 0. The maximum Gasteiger partial charge on any atom is 0.0843 e. The Hall–Kier alpha value is -0.740. The Morgan fingerprint density at radius 3 is 2.40 bits per heavy atom. The zero-order chi connectivity index (χ0) is 14.8. The van der Waals surface area contributed by atoms with E-state index in [1.807, 2.05) is 31.2 Å². The highest BCUT2D eigenvalue weighted by Crippen LogP contribution is 2.33. The van der Waals surface area contributed by atoms with Crippen LogP contribution in [0.5, 0.6) is 0 Å². The third-order valence-corrected chi connectivity index (χ3v) is 4.20. The molecule has 106 valence electrons. The summed E-state index contributed by atoms with van der Waals surface area (Å²) in [4.78, 5) is 0. The Labute approximate surface area is 136 Å². The first-order chi connectivity index (χ1) is 9.44. The van der Waals surface area contributed by atoms with E-state index in [4.69, 9.17) is 23.2 Å². The lowest BCUT2D eigenvalue weighted by Gasteiger charge is -2.31. The average Bonchev–Trinajstić information content (AvgIpc) is 2.44. The topological polar surface area (TPSA) is 32.3 Å². The first-order valence-corrected chi connectivity index (χ1v) is 7.60. The molecule has 0 heterocycles. The third-order valence-electron chi connectivity index (χ3n) is 3.10. The Morgan fingerprint density at radius 1 is 1.15 bits per heavy atom. The van der Waals surface area contributed by atoms with Crippen LogP contribution in [0.2, 0.25) is 10.0 Å². The molecule has 0 aliphatic carbocycles. The van der Waals surface area contributed by atoms with Crippen molar-refractivity contribution in [1.82, 2.24) is 0 Å². The Kier molecular flexibility index (Phi) is 4.97.